The lowest BCUT2D eigenvalue weighted by Crippen LogP contribution is -2.37. The second-order valence-corrected chi connectivity index (χ2v) is 10.2. The van der Waals surface area contributed by atoms with Crippen LogP contribution in [0.3, 0.4) is 0 Å². The fourth-order valence-electron chi connectivity index (χ4n) is 3.03. The number of aryl methyl sites for hydroxylation is 1. The van der Waals surface area contributed by atoms with Gasteiger partial charge in [-0.25, -0.2) is 25.9 Å². The molecule has 0 spiro atoms. The van der Waals surface area contributed by atoms with Crippen molar-refractivity contribution in [2.24, 2.45) is 0 Å². The Morgan fingerprint density at radius 3 is 2.44 bits per heavy atom. The molecule has 2 aromatic carbocycles. The smallest absolute Gasteiger partial charge is 0.241 e. The molecule has 0 amide bonds. The molecule has 1 heterocycles. The zero-order valence-electron chi connectivity index (χ0n) is 14.9. The van der Waals surface area contributed by atoms with E-state index in [1.165, 1.54) is 40.7 Å². The molecule has 1 saturated heterocycles. The number of nitrogens with zero attached hydrogens (tertiary/aromatic N) is 1. The number of nitrogens with one attached hydrogen (secondary N) is 1. The van der Waals surface area contributed by atoms with Crippen molar-refractivity contribution in [1.29, 1.82) is 0 Å². The zero-order valence-corrected chi connectivity index (χ0v) is 16.5. The van der Waals surface area contributed by atoms with Crippen LogP contribution in [0.2, 0.25) is 0 Å². The largest absolute Gasteiger partial charge is 0.270 e. The van der Waals surface area contributed by atoms with Crippen LogP contribution in [0.5, 0.6) is 0 Å². The average molecular weight is 413 g/mol. The van der Waals surface area contributed by atoms with Crippen molar-refractivity contribution in [1.82, 2.24) is 4.72 Å². The Bertz CT molecular complexity index is 1040. The fourth-order valence-corrected chi connectivity index (χ4v) is 5.90. The Morgan fingerprint density at radius 2 is 1.81 bits per heavy atom. The first-order valence-electron chi connectivity index (χ1n) is 8.54. The summed E-state index contributed by atoms with van der Waals surface area (Å²) in [5, 5.41) is 0. The second-order valence-electron chi connectivity index (χ2n) is 6.50. The van der Waals surface area contributed by atoms with Crippen molar-refractivity contribution < 1.29 is 21.2 Å². The van der Waals surface area contributed by atoms with Gasteiger partial charge < -0.3 is 0 Å². The molecule has 0 unspecified atom stereocenters. The van der Waals surface area contributed by atoms with Crippen molar-refractivity contribution in [2.75, 3.05) is 16.6 Å². The summed E-state index contributed by atoms with van der Waals surface area (Å²) in [6, 6.07) is 10.1. The maximum atomic E-state index is 12.9. The van der Waals surface area contributed by atoms with Crippen molar-refractivity contribution >= 4 is 25.7 Å². The van der Waals surface area contributed by atoms with Crippen LogP contribution in [0, 0.1) is 12.7 Å². The molecule has 9 heteroatoms. The van der Waals surface area contributed by atoms with Crippen molar-refractivity contribution in [2.45, 2.75) is 31.2 Å². The van der Waals surface area contributed by atoms with Crippen LogP contribution in [-0.2, 0) is 26.6 Å². The molecular formula is C18H21FN2O4S2. The molecule has 0 aromatic heterocycles. The molecule has 1 N–H and O–H groups in total. The summed E-state index contributed by atoms with van der Waals surface area (Å²) < 4.78 is 66.4. The highest BCUT2D eigenvalue weighted by molar-refractivity contribution is 7.92. The maximum absolute atomic E-state index is 12.9. The Morgan fingerprint density at radius 1 is 1.11 bits per heavy atom. The molecule has 0 bridgehead atoms. The molecule has 1 aliphatic heterocycles. The molecule has 146 valence electrons. The van der Waals surface area contributed by atoms with Gasteiger partial charge in [-0.1, -0.05) is 12.1 Å². The first kappa shape index (κ1) is 19.8. The van der Waals surface area contributed by atoms with Crippen molar-refractivity contribution in [3.63, 3.8) is 0 Å². The Labute approximate surface area is 159 Å². The van der Waals surface area contributed by atoms with E-state index in [1.807, 2.05) is 0 Å². The molecule has 0 aliphatic carbocycles. The number of sulfonamides is 2. The van der Waals surface area contributed by atoms with E-state index in [4.69, 9.17) is 0 Å². The van der Waals surface area contributed by atoms with Crippen LogP contribution in [0.4, 0.5) is 10.1 Å². The summed E-state index contributed by atoms with van der Waals surface area (Å²) in [5.74, 6) is -0.286. The lowest BCUT2D eigenvalue weighted by molar-refractivity contribution is 0.574. The number of halogens is 1. The minimum atomic E-state index is -3.79. The van der Waals surface area contributed by atoms with Crippen LogP contribution < -0.4 is 9.03 Å². The van der Waals surface area contributed by atoms with Crippen LogP contribution in [0.25, 0.3) is 0 Å². The molecule has 1 aliphatic rings. The fraction of sp³-hybridized carbons (Fsp3) is 0.333. The summed E-state index contributed by atoms with van der Waals surface area (Å²) in [5.41, 5.74) is 1.57. The van der Waals surface area contributed by atoms with Crippen LogP contribution >= 0.6 is 0 Å². The van der Waals surface area contributed by atoms with E-state index in [0.29, 0.717) is 29.8 Å². The highest BCUT2D eigenvalue weighted by atomic mass is 32.2. The van der Waals surface area contributed by atoms with E-state index in [1.54, 1.807) is 13.0 Å². The summed E-state index contributed by atoms with van der Waals surface area (Å²) in [6.07, 6.45) is 1.41. The quantitative estimate of drug-likeness (QED) is 0.818. The molecule has 1 fully saturated rings. The van der Waals surface area contributed by atoms with E-state index in [0.717, 1.165) is 6.42 Å². The summed E-state index contributed by atoms with van der Waals surface area (Å²) in [7, 11) is -7.14. The standard InChI is InChI=1S/C18H21FN2O4S2/c1-14-12-17(21-10-2-3-11-26(21,22)23)8-9-18(14)27(24,25)20-13-15-4-6-16(19)7-5-15/h4-9,12,20H,2-3,10-11,13H2,1H3. The monoisotopic (exact) mass is 412 g/mol. The van der Waals surface area contributed by atoms with E-state index >= 15 is 0 Å². The van der Waals surface area contributed by atoms with Gasteiger partial charge in [0, 0.05) is 13.1 Å². The van der Waals surface area contributed by atoms with Crippen molar-refractivity contribution in [3.05, 3.63) is 59.4 Å². The van der Waals surface area contributed by atoms with Crippen molar-refractivity contribution in [3.8, 4) is 0 Å². The third-order valence-electron chi connectivity index (χ3n) is 4.46. The van der Waals surface area contributed by atoms with Crippen LogP contribution in [0.15, 0.2) is 47.4 Å². The van der Waals surface area contributed by atoms with Crippen LogP contribution in [0.1, 0.15) is 24.0 Å². The Kier molecular flexibility index (Phi) is 5.55. The molecule has 27 heavy (non-hydrogen) atoms. The lowest BCUT2D eigenvalue weighted by atomic mass is 10.2. The van der Waals surface area contributed by atoms with E-state index in [9.17, 15) is 21.2 Å². The molecule has 0 atom stereocenters. The van der Waals surface area contributed by atoms with Gasteiger partial charge in [0.25, 0.3) is 0 Å². The first-order chi connectivity index (χ1) is 12.7. The lowest BCUT2D eigenvalue weighted by Gasteiger charge is -2.28. The number of hydrogen-bond donors (Lipinski definition) is 1. The number of rotatable bonds is 5. The minimum absolute atomic E-state index is 0.0321. The van der Waals surface area contributed by atoms with Gasteiger partial charge in [0.2, 0.25) is 20.0 Å². The molecule has 0 saturated carbocycles. The normalized spacial score (nSPS) is 17.0. The SMILES string of the molecule is Cc1cc(N2CCCCS2(=O)=O)ccc1S(=O)(=O)NCc1ccc(F)cc1. The summed E-state index contributed by atoms with van der Waals surface area (Å²) in [4.78, 5) is 0.0859. The van der Waals surface area contributed by atoms with E-state index < -0.39 is 20.0 Å². The third-order valence-corrected chi connectivity index (χ3v) is 7.90. The topological polar surface area (TPSA) is 83.6 Å². The van der Waals surface area contributed by atoms with Gasteiger partial charge >= 0.3 is 0 Å². The average Bonchev–Trinajstić information content (AvgIpc) is 2.60. The molecule has 3 rings (SSSR count). The predicted octanol–water partition coefficient (Wildman–Crippen LogP) is 2.54. The van der Waals surface area contributed by atoms with Gasteiger partial charge in [0.1, 0.15) is 5.82 Å². The maximum Gasteiger partial charge on any atom is 0.241 e. The third kappa shape index (κ3) is 4.48. The van der Waals surface area contributed by atoms with Gasteiger partial charge in [0.05, 0.1) is 16.3 Å². The molecule has 2 aromatic rings. The Balaban J connectivity index is 1.80. The zero-order chi connectivity index (χ0) is 19.7. The van der Waals surface area contributed by atoms with Gasteiger partial charge in [-0.2, -0.15) is 0 Å². The number of hydrogen-bond acceptors (Lipinski definition) is 4. The van der Waals surface area contributed by atoms with Crippen LogP contribution in [-0.4, -0.2) is 29.1 Å². The van der Waals surface area contributed by atoms with E-state index in [-0.39, 0.29) is 23.0 Å². The van der Waals surface area contributed by atoms with Gasteiger partial charge in [-0.15, -0.1) is 0 Å². The minimum Gasteiger partial charge on any atom is -0.270 e. The first-order valence-corrected chi connectivity index (χ1v) is 11.6. The second kappa shape index (κ2) is 7.57. The van der Waals surface area contributed by atoms with Gasteiger partial charge in [0.15, 0.2) is 0 Å². The van der Waals surface area contributed by atoms with Gasteiger partial charge in [-0.3, -0.25) is 4.31 Å². The highest BCUT2D eigenvalue weighted by Crippen LogP contribution is 2.27. The predicted molar refractivity (Wildman–Crippen MR) is 102 cm³/mol. The number of anilines is 1. The molecule has 0 radical (unpaired) electrons. The highest BCUT2D eigenvalue weighted by Gasteiger charge is 2.27. The molecular weight excluding hydrogens is 391 g/mol. The molecule has 6 nitrogen and oxygen atoms in total. The Hall–Kier alpha value is -1.97. The summed E-state index contributed by atoms with van der Waals surface area (Å²) >= 11 is 0. The van der Waals surface area contributed by atoms with Gasteiger partial charge in [-0.05, 0) is 61.2 Å². The summed E-state index contributed by atoms with van der Waals surface area (Å²) in [6.45, 7) is 2.06. The van der Waals surface area contributed by atoms with E-state index in [2.05, 4.69) is 4.72 Å². The number of benzene rings is 2.